The van der Waals surface area contributed by atoms with Gasteiger partial charge in [0.15, 0.2) is 6.29 Å². The average molecular weight is 245 g/mol. The number of esters is 1. The molecule has 1 rings (SSSR count). The molecule has 0 saturated heterocycles. The average Bonchev–Trinajstić information content (AvgIpc) is 2.26. The van der Waals surface area contributed by atoms with Crippen molar-refractivity contribution in [3.63, 3.8) is 0 Å². The summed E-state index contributed by atoms with van der Waals surface area (Å²) >= 11 is 7.01. The Morgan fingerprint density at radius 1 is 1.60 bits per heavy atom. The number of methoxy groups -OCH3 is 1. The van der Waals surface area contributed by atoms with Gasteiger partial charge in [-0.3, -0.25) is 9.59 Å². The highest BCUT2D eigenvalue weighted by molar-refractivity contribution is 8.00. The zero-order valence-corrected chi connectivity index (χ0v) is 9.60. The van der Waals surface area contributed by atoms with Crippen LogP contribution in [0, 0.1) is 0 Å². The summed E-state index contributed by atoms with van der Waals surface area (Å²) in [6.07, 6.45) is 0.732. The Bertz CT molecular complexity index is 379. The van der Waals surface area contributed by atoms with Gasteiger partial charge in [-0.15, -0.1) is 11.8 Å². The Hall–Kier alpha value is -1.00. The number of hydrogen-bond donors (Lipinski definition) is 0. The zero-order valence-electron chi connectivity index (χ0n) is 8.03. The van der Waals surface area contributed by atoms with Gasteiger partial charge in [-0.05, 0) is 18.2 Å². The highest BCUT2D eigenvalue weighted by Crippen LogP contribution is 2.25. The third-order valence-electron chi connectivity index (χ3n) is 1.68. The van der Waals surface area contributed by atoms with E-state index in [-0.39, 0.29) is 11.7 Å². The number of carbonyl (C=O) groups excluding carboxylic acids is 2. The number of benzene rings is 1. The molecule has 0 aliphatic rings. The van der Waals surface area contributed by atoms with E-state index in [0.29, 0.717) is 15.5 Å². The van der Waals surface area contributed by atoms with Crippen LogP contribution >= 0.6 is 23.4 Å². The first-order valence-electron chi connectivity index (χ1n) is 4.11. The minimum atomic E-state index is -0.336. The molecule has 0 atom stereocenters. The molecule has 0 unspecified atom stereocenters. The van der Waals surface area contributed by atoms with Crippen molar-refractivity contribution in [2.24, 2.45) is 0 Å². The van der Waals surface area contributed by atoms with E-state index in [0.717, 1.165) is 6.29 Å². The van der Waals surface area contributed by atoms with Crippen molar-refractivity contribution in [1.82, 2.24) is 0 Å². The second-order valence-electron chi connectivity index (χ2n) is 2.66. The summed E-state index contributed by atoms with van der Waals surface area (Å²) in [5.74, 6) is -0.172. The normalized spacial score (nSPS) is 9.73. The molecule has 0 N–H and O–H groups in total. The van der Waals surface area contributed by atoms with E-state index in [1.165, 1.54) is 18.9 Å². The summed E-state index contributed by atoms with van der Waals surface area (Å²) in [6, 6.07) is 4.90. The first kappa shape index (κ1) is 12.1. The smallest absolute Gasteiger partial charge is 0.315 e. The molecule has 80 valence electrons. The van der Waals surface area contributed by atoms with Crippen LogP contribution in [0.15, 0.2) is 23.1 Å². The second-order valence-corrected chi connectivity index (χ2v) is 4.12. The molecule has 1 aromatic rings. The molecule has 0 spiro atoms. The van der Waals surface area contributed by atoms with Crippen LogP contribution in [0.2, 0.25) is 5.02 Å². The Kier molecular flexibility index (Phi) is 4.65. The van der Waals surface area contributed by atoms with Gasteiger partial charge in [-0.25, -0.2) is 0 Å². The lowest BCUT2D eigenvalue weighted by Crippen LogP contribution is -2.03. The SMILES string of the molecule is COC(=O)CSc1cc(Cl)ccc1C=O. The summed E-state index contributed by atoms with van der Waals surface area (Å²) in [5.41, 5.74) is 0.522. The zero-order chi connectivity index (χ0) is 11.3. The predicted molar refractivity (Wildman–Crippen MR) is 59.6 cm³/mol. The van der Waals surface area contributed by atoms with Crippen molar-refractivity contribution in [3.8, 4) is 0 Å². The van der Waals surface area contributed by atoms with E-state index >= 15 is 0 Å². The lowest BCUT2D eigenvalue weighted by molar-refractivity contribution is -0.137. The maximum Gasteiger partial charge on any atom is 0.315 e. The molecule has 15 heavy (non-hydrogen) atoms. The predicted octanol–water partition coefficient (Wildman–Crippen LogP) is 2.42. The number of halogens is 1. The number of ether oxygens (including phenoxy) is 1. The van der Waals surface area contributed by atoms with E-state index in [9.17, 15) is 9.59 Å². The minimum Gasteiger partial charge on any atom is -0.468 e. The monoisotopic (exact) mass is 244 g/mol. The molecule has 3 nitrogen and oxygen atoms in total. The minimum absolute atomic E-state index is 0.164. The van der Waals surface area contributed by atoms with Crippen molar-refractivity contribution < 1.29 is 14.3 Å². The number of aldehydes is 1. The molecule has 5 heteroatoms. The molecule has 0 aromatic heterocycles. The molecule has 0 radical (unpaired) electrons. The van der Waals surface area contributed by atoms with Gasteiger partial charge >= 0.3 is 5.97 Å². The van der Waals surface area contributed by atoms with Crippen LogP contribution in [0.25, 0.3) is 0 Å². The van der Waals surface area contributed by atoms with Crippen LogP contribution in [0.5, 0.6) is 0 Å². The van der Waals surface area contributed by atoms with Crippen molar-refractivity contribution in [1.29, 1.82) is 0 Å². The van der Waals surface area contributed by atoms with E-state index < -0.39 is 0 Å². The van der Waals surface area contributed by atoms with Gasteiger partial charge < -0.3 is 4.74 Å². The van der Waals surface area contributed by atoms with Crippen molar-refractivity contribution in [2.75, 3.05) is 12.9 Å². The summed E-state index contributed by atoms with van der Waals surface area (Å²) < 4.78 is 4.49. The largest absolute Gasteiger partial charge is 0.468 e. The molecule has 0 aliphatic heterocycles. The topological polar surface area (TPSA) is 43.4 Å². The third-order valence-corrected chi connectivity index (χ3v) is 2.96. The van der Waals surface area contributed by atoms with Gasteiger partial charge in [0.05, 0.1) is 12.9 Å². The fraction of sp³-hybridized carbons (Fsp3) is 0.200. The van der Waals surface area contributed by atoms with Gasteiger partial charge in [0.1, 0.15) is 0 Å². The van der Waals surface area contributed by atoms with Crippen LogP contribution in [-0.2, 0) is 9.53 Å². The Morgan fingerprint density at radius 2 is 2.33 bits per heavy atom. The molecule has 0 amide bonds. The van der Waals surface area contributed by atoms with E-state index in [1.807, 2.05) is 0 Å². The maximum atomic E-state index is 10.9. The Morgan fingerprint density at radius 3 is 2.93 bits per heavy atom. The maximum absolute atomic E-state index is 10.9. The summed E-state index contributed by atoms with van der Waals surface area (Å²) in [5, 5.41) is 0.535. The summed E-state index contributed by atoms with van der Waals surface area (Å²) in [6.45, 7) is 0. The second kappa shape index (κ2) is 5.78. The third kappa shape index (κ3) is 3.57. The summed E-state index contributed by atoms with van der Waals surface area (Å²) in [4.78, 5) is 22.3. The van der Waals surface area contributed by atoms with Crippen LogP contribution in [0.3, 0.4) is 0 Å². The highest BCUT2D eigenvalue weighted by atomic mass is 35.5. The lowest BCUT2D eigenvalue weighted by Gasteiger charge is -2.03. The molecular weight excluding hydrogens is 236 g/mol. The van der Waals surface area contributed by atoms with Crippen LogP contribution < -0.4 is 0 Å². The van der Waals surface area contributed by atoms with Gasteiger partial charge in [0.2, 0.25) is 0 Å². The quantitative estimate of drug-likeness (QED) is 0.464. The Balaban J connectivity index is 2.78. The number of thioether (sulfide) groups is 1. The number of rotatable bonds is 4. The van der Waals surface area contributed by atoms with E-state index in [1.54, 1.807) is 18.2 Å². The highest BCUT2D eigenvalue weighted by Gasteiger charge is 2.06. The molecule has 0 heterocycles. The molecular formula is C10H9ClO3S. The summed E-state index contributed by atoms with van der Waals surface area (Å²) in [7, 11) is 1.32. The first-order chi connectivity index (χ1) is 7.17. The standard InChI is InChI=1S/C10H9ClO3S/c1-14-10(13)6-15-9-4-8(11)3-2-7(9)5-12/h2-5H,6H2,1H3. The van der Waals surface area contributed by atoms with Crippen LogP contribution in [-0.4, -0.2) is 25.1 Å². The molecule has 0 bridgehead atoms. The fourth-order valence-corrected chi connectivity index (χ4v) is 2.05. The first-order valence-corrected chi connectivity index (χ1v) is 5.48. The van der Waals surface area contributed by atoms with Crippen LogP contribution in [0.1, 0.15) is 10.4 Å². The lowest BCUT2D eigenvalue weighted by atomic mass is 10.2. The van der Waals surface area contributed by atoms with Crippen molar-refractivity contribution in [3.05, 3.63) is 28.8 Å². The molecule has 0 fully saturated rings. The Labute approximate surface area is 96.8 Å². The molecule has 1 aromatic carbocycles. The van der Waals surface area contributed by atoms with Crippen LogP contribution in [0.4, 0.5) is 0 Å². The van der Waals surface area contributed by atoms with Crippen molar-refractivity contribution >= 4 is 35.6 Å². The van der Waals surface area contributed by atoms with Gasteiger partial charge in [0, 0.05) is 15.5 Å². The van der Waals surface area contributed by atoms with E-state index in [4.69, 9.17) is 11.6 Å². The van der Waals surface area contributed by atoms with Gasteiger partial charge in [0.25, 0.3) is 0 Å². The van der Waals surface area contributed by atoms with Crippen molar-refractivity contribution in [2.45, 2.75) is 4.90 Å². The van der Waals surface area contributed by atoms with Gasteiger partial charge in [-0.1, -0.05) is 11.6 Å². The number of hydrogen-bond acceptors (Lipinski definition) is 4. The fourth-order valence-electron chi connectivity index (χ4n) is 0.926. The van der Waals surface area contributed by atoms with Gasteiger partial charge in [-0.2, -0.15) is 0 Å². The molecule has 0 saturated carbocycles. The van der Waals surface area contributed by atoms with E-state index in [2.05, 4.69) is 4.74 Å². The number of carbonyl (C=O) groups is 2. The molecule has 0 aliphatic carbocycles.